The lowest BCUT2D eigenvalue weighted by Crippen LogP contribution is -2.26. The fourth-order valence-corrected chi connectivity index (χ4v) is 1.55. The van der Waals surface area contributed by atoms with Gasteiger partial charge in [0.2, 0.25) is 6.20 Å². The van der Waals surface area contributed by atoms with Crippen LogP contribution >= 0.6 is 0 Å². The lowest BCUT2D eigenvalue weighted by Gasteiger charge is -2.09. The van der Waals surface area contributed by atoms with Gasteiger partial charge in [0.15, 0.2) is 0 Å². The monoisotopic (exact) mass is 206 g/mol. The molecule has 0 unspecified atom stereocenters. The molecule has 2 aromatic rings. The van der Waals surface area contributed by atoms with Crippen molar-refractivity contribution in [3.8, 4) is 5.88 Å². The molecule has 0 spiro atoms. The van der Waals surface area contributed by atoms with Crippen molar-refractivity contribution in [3.05, 3.63) is 23.5 Å². The zero-order valence-electron chi connectivity index (χ0n) is 7.77. The zero-order chi connectivity index (χ0) is 11.2. The second kappa shape index (κ2) is 2.81. The number of hydrogen-bond acceptors (Lipinski definition) is 5. The van der Waals surface area contributed by atoms with E-state index in [-0.39, 0.29) is 21.5 Å². The Morgan fingerprint density at radius 1 is 1.00 bits per heavy atom. The molecular formula is C9H10N4O2. The molecule has 2 rings (SSSR count). The summed E-state index contributed by atoms with van der Waals surface area (Å²) >= 11 is 0. The molecule has 0 aliphatic heterocycles. The molecule has 1 aromatic heterocycles. The second-order valence-corrected chi connectivity index (χ2v) is 3.23. The Bertz CT molecular complexity index is 554. The van der Waals surface area contributed by atoms with Gasteiger partial charge in [-0.05, 0) is 12.1 Å². The maximum atomic E-state index is 11.2. The van der Waals surface area contributed by atoms with Crippen molar-refractivity contribution in [1.82, 2.24) is 0 Å². The van der Waals surface area contributed by atoms with Crippen molar-refractivity contribution < 1.29 is 9.84 Å². The number of nitrogens with two attached hydrogens (primary N) is 3. The summed E-state index contributed by atoms with van der Waals surface area (Å²) in [6.45, 7) is 0. The molecular weight excluding hydrogens is 196 g/mol. The number of nitrogens with zero attached hydrogens (tertiary/aromatic N) is 1. The quantitative estimate of drug-likeness (QED) is 0.272. The molecule has 0 bridgehead atoms. The summed E-state index contributed by atoms with van der Waals surface area (Å²) in [6.07, 6.45) is 1.05. The third-order valence-corrected chi connectivity index (χ3v) is 2.25. The van der Waals surface area contributed by atoms with Crippen molar-refractivity contribution in [2.24, 2.45) is 0 Å². The van der Waals surface area contributed by atoms with Crippen LogP contribution in [-0.2, 0) is 0 Å². The third-order valence-electron chi connectivity index (χ3n) is 2.25. The SMILES string of the molecule is Nc1ccc(N)c2c(O)[n+]([O-])cc(N)c12. The van der Waals surface area contributed by atoms with Gasteiger partial charge in [-0.1, -0.05) is 0 Å². The average molecular weight is 206 g/mol. The molecule has 0 fully saturated rings. The number of aromatic hydroxyl groups is 1. The van der Waals surface area contributed by atoms with E-state index >= 15 is 0 Å². The summed E-state index contributed by atoms with van der Waals surface area (Å²) in [5.41, 5.74) is 17.8. The van der Waals surface area contributed by atoms with Gasteiger partial charge in [-0.15, -0.1) is 4.73 Å². The molecule has 15 heavy (non-hydrogen) atoms. The van der Waals surface area contributed by atoms with Crippen molar-refractivity contribution in [3.63, 3.8) is 0 Å². The van der Waals surface area contributed by atoms with E-state index in [4.69, 9.17) is 17.2 Å². The summed E-state index contributed by atoms with van der Waals surface area (Å²) in [6, 6.07) is 3.08. The Hall–Kier alpha value is -2.37. The Balaban J connectivity index is 3.08. The number of hydrogen-bond donors (Lipinski definition) is 4. The third kappa shape index (κ3) is 1.15. The largest absolute Gasteiger partial charge is 0.616 e. The van der Waals surface area contributed by atoms with Crippen LogP contribution in [0.15, 0.2) is 18.3 Å². The maximum Gasteiger partial charge on any atom is 0.387 e. The van der Waals surface area contributed by atoms with Gasteiger partial charge < -0.3 is 27.5 Å². The molecule has 0 atom stereocenters. The molecule has 0 aliphatic rings. The molecule has 6 nitrogen and oxygen atoms in total. The first-order valence-corrected chi connectivity index (χ1v) is 4.20. The van der Waals surface area contributed by atoms with E-state index in [0.717, 1.165) is 6.20 Å². The molecule has 0 amide bonds. The van der Waals surface area contributed by atoms with Gasteiger partial charge in [0.1, 0.15) is 11.1 Å². The van der Waals surface area contributed by atoms with Crippen LogP contribution in [-0.4, -0.2) is 5.11 Å². The Morgan fingerprint density at radius 3 is 2.13 bits per heavy atom. The number of aromatic nitrogens is 1. The van der Waals surface area contributed by atoms with Crippen LogP contribution in [0, 0.1) is 5.21 Å². The number of anilines is 3. The summed E-state index contributed by atoms with van der Waals surface area (Å²) < 4.78 is 0.257. The fraction of sp³-hybridized carbons (Fsp3) is 0. The highest BCUT2D eigenvalue weighted by atomic mass is 16.5. The van der Waals surface area contributed by atoms with Crippen molar-refractivity contribution in [1.29, 1.82) is 0 Å². The highest BCUT2D eigenvalue weighted by Crippen LogP contribution is 2.34. The molecule has 78 valence electrons. The highest BCUT2D eigenvalue weighted by Gasteiger charge is 2.17. The molecule has 1 heterocycles. The molecule has 0 radical (unpaired) electrons. The topological polar surface area (TPSA) is 125 Å². The van der Waals surface area contributed by atoms with Gasteiger partial charge in [0, 0.05) is 11.1 Å². The van der Waals surface area contributed by atoms with Crippen LogP contribution in [0.25, 0.3) is 10.8 Å². The summed E-state index contributed by atoms with van der Waals surface area (Å²) in [5, 5.41) is 21.3. The number of rotatable bonds is 0. The maximum absolute atomic E-state index is 11.2. The number of pyridine rings is 1. The van der Waals surface area contributed by atoms with Gasteiger partial charge in [0.25, 0.3) is 0 Å². The van der Waals surface area contributed by atoms with E-state index in [9.17, 15) is 10.3 Å². The predicted octanol–water partition coefficient (Wildman–Crippen LogP) is -0.0746. The molecule has 0 saturated carbocycles. The minimum atomic E-state index is -0.496. The molecule has 6 heteroatoms. The Labute approximate surface area is 85.1 Å². The van der Waals surface area contributed by atoms with Gasteiger partial charge in [-0.25, -0.2) is 0 Å². The average Bonchev–Trinajstić information content (AvgIpc) is 2.18. The van der Waals surface area contributed by atoms with E-state index < -0.39 is 5.88 Å². The first kappa shape index (κ1) is 9.20. The molecule has 1 aromatic carbocycles. The van der Waals surface area contributed by atoms with Crippen molar-refractivity contribution >= 4 is 27.8 Å². The minimum absolute atomic E-state index is 0.183. The normalized spacial score (nSPS) is 10.7. The summed E-state index contributed by atoms with van der Waals surface area (Å²) in [5.74, 6) is -0.496. The Morgan fingerprint density at radius 2 is 1.53 bits per heavy atom. The van der Waals surface area contributed by atoms with Crippen LogP contribution in [0.1, 0.15) is 0 Å². The van der Waals surface area contributed by atoms with Crippen LogP contribution in [0.5, 0.6) is 5.88 Å². The summed E-state index contributed by atoms with van der Waals surface area (Å²) in [7, 11) is 0. The van der Waals surface area contributed by atoms with Gasteiger partial charge in [-0.3, -0.25) is 0 Å². The zero-order valence-corrected chi connectivity index (χ0v) is 7.77. The fourth-order valence-electron chi connectivity index (χ4n) is 1.55. The first-order valence-electron chi connectivity index (χ1n) is 4.20. The molecule has 0 saturated heterocycles. The van der Waals surface area contributed by atoms with E-state index in [2.05, 4.69) is 0 Å². The summed E-state index contributed by atoms with van der Waals surface area (Å²) in [4.78, 5) is 0. The smallest absolute Gasteiger partial charge is 0.387 e. The van der Waals surface area contributed by atoms with Crippen molar-refractivity contribution in [2.45, 2.75) is 0 Å². The Kier molecular flexibility index (Phi) is 1.72. The van der Waals surface area contributed by atoms with Gasteiger partial charge in [-0.2, -0.15) is 0 Å². The van der Waals surface area contributed by atoms with Crippen LogP contribution in [0.4, 0.5) is 17.1 Å². The predicted molar refractivity (Wildman–Crippen MR) is 57.8 cm³/mol. The van der Waals surface area contributed by atoms with Crippen LogP contribution < -0.4 is 21.9 Å². The van der Waals surface area contributed by atoms with E-state index in [1.165, 1.54) is 6.07 Å². The molecule has 0 aliphatic carbocycles. The van der Waals surface area contributed by atoms with Crippen molar-refractivity contribution in [2.75, 3.05) is 17.2 Å². The lowest BCUT2D eigenvalue weighted by molar-refractivity contribution is -0.611. The van der Waals surface area contributed by atoms with Gasteiger partial charge in [0.05, 0.1) is 5.69 Å². The highest BCUT2D eigenvalue weighted by molar-refractivity contribution is 6.08. The van der Waals surface area contributed by atoms with E-state index in [0.29, 0.717) is 11.1 Å². The van der Waals surface area contributed by atoms with Crippen LogP contribution in [0.2, 0.25) is 0 Å². The van der Waals surface area contributed by atoms with Gasteiger partial charge >= 0.3 is 5.88 Å². The van der Waals surface area contributed by atoms with E-state index in [1.807, 2.05) is 0 Å². The van der Waals surface area contributed by atoms with Crippen LogP contribution in [0.3, 0.4) is 0 Å². The number of benzene rings is 1. The lowest BCUT2D eigenvalue weighted by atomic mass is 10.1. The van der Waals surface area contributed by atoms with E-state index in [1.54, 1.807) is 6.07 Å². The first-order chi connectivity index (χ1) is 7.02. The minimum Gasteiger partial charge on any atom is -0.616 e. The molecule has 7 N–H and O–H groups in total. The second-order valence-electron chi connectivity index (χ2n) is 3.23. The standard InChI is InChI=1S/C9H10N4O2/c10-4-1-2-5(11)8-7(4)6(12)3-13(15)9(8)14/h1-3,14H,10-12H2. The number of nitrogen functional groups attached to an aromatic ring is 3. The number of fused-ring (bicyclic) bond motifs is 1.